The fraction of sp³-hybridized carbons (Fsp3) is 0.571. The molecule has 0 amide bonds. The Morgan fingerprint density at radius 3 is 2.95 bits per heavy atom. The third-order valence-electron chi connectivity index (χ3n) is 3.61. The standard InChI is InChI=1S/C14H20N2O3/c1-10-12(14(18)19-2)6-7-13(15-10)16-8-4-3-5-11(16)9-17/h6-7,11,17H,3-5,8-9H2,1-2H3. The number of hydrogen-bond acceptors (Lipinski definition) is 5. The molecule has 0 saturated carbocycles. The summed E-state index contributed by atoms with van der Waals surface area (Å²) < 4.78 is 4.71. The van der Waals surface area contributed by atoms with Gasteiger partial charge in [-0.1, -0.05) is 0 Å². The smallest absolute Gasteiger partial charge is 0.339 e. The summed E-state index contributed by atoms with van der Waals surface area (Å²) in [6.07, 6.45) is 3.23. The number of hydrogen-bond donors (Lipinski definition) is 1. The molecule has 0 radical (unpaired) electrons. The van der Waals surface area contributed by atoms with E-state index in [0.717, 1.165) is 31.6 Å². The maximum absolute atomic E-state index is 11.5. The summed E-state index contributed by atoms with van der Waals surface area (Å²) in [5, 5.41) is 9.43. The van der Waals surface area contributed by atoms with E-state index in [1.165, 1.54) is 7.11 Å². The topological polar surface area (TPSA) is 62.7 Å². The second-order valence-corrected chi connectivity index (χ2v) is 4.82. The first-order valence-electron chi connectivity index (χ1n) is 6.61. The second-order valence-electron chi connectivity index (χ2n) is 4.82. The highest BCUT2D eigenvalue weighted by Crippen LogP contribution is 2.24. The van der Waals surface area contributed by atoms with Gasteiger partial charge in [-0.3, -0.25) is 0 Å². The number of carbonyl (C=O) groups excluding carboxylic acids is 1. The number of aryl methyl sites for hydroxylation is 1. The van der Waals surface area contributed by atoms with Crippen LogP contribution in [0, 0.1) is 6.92 Å². The molecule has 0 aromatic carbocycles. The molecular formula is C14H20N2O3. The van der Waals surface area contributed by atoms with Crippen molar-refractivity contribution in [1.82, 2.24) is 4.98 Å². The maximum Gasteiger partial charge on any atom is 0.339 e. The van der Waals surface area contributed by atoms with Crippen LogP contribution in [0.15, 0.2) is 12.1 Å². The number of anilines is 1. The van der Waals surface area contributed by atoms with Crippen LogP contribution >= 0.6 is 0 Å². The van der Waals surface area contributed by atoms with Crippen molar-refractivity contribution in [2.45, 2.75) is 32.2 Å². The zero-order valence-electron chi connectivity index (χ0n) is 11.4. The van der Waals surface area contributed by atoms with Gasteiger partial charge in [0, 0.05) is 6.54 Å². The lowest BCUT2D eigenvalue weighted by atomic mass is 10.0. The summed E-state index contributed by atoms with van der Waals surface area (Å²) in [5.41, 5.74) is 1.15. The summed E-state index contributed by atoms with van der Waals surface area (Å²) >= 11 is 0. The van der Waals surface area contributed by atoms with Gasteiger partial charge in [-0.2, -0.15) is 0 Å². The predicted molar refractivity (Wildman–Crippen MR) is 72.4 cm³/mol. The lowest BCUT2D eigenvalue weighted by Crippen LogP contribution is -2.42. The highest BCUT2D eigenvalue weighted by atomic mass is 16.5. The predicted octanol–water partition coefficient (Wildman–Crippen LogP) is 1.53. The van der Waals surface area contributed by atoms with Crippen LogP contribution in [0.4, 0.5) is 5.82 Å². The fourth-order valence-corrected chi connectivity index (χ4v) is 2.53. The number of nitrogens with zero attached hydrogens (tertiary/aromatic N) is 2. The van der Waals surface area contributed by atoms with Crippen LogP contribution < -0.4 is 4.90 Å². The van der Waals surface area contributed by atoms with Crippen molar-refractivity contribution in [1.29, 1.82) is 0 Å². The Balaban J connectivity index is 2.25. The van der Waals surface area contributed by atoms with E-state index in [9.17, 15) is 9.90 Å². The molecule has 1 aliphatic rings. The Labute approximate surface area is 113 Å². The van der Waals surface area contributed by atoms with E-state index in [4.69, 9.17) is 4.74 Å². The maximum atomic E-state index is 11.5. The van der Waals surface area contributed by atoms with Gasteiger partial charge in [0.15, 0.2) is 0 Å². The minimum atomic E-state index is -0.367. The van der Waals surface area contributed by atoms with Gasteiger partial charge in [0.2, 0.25) is 0 Å². The number of carbonyl (C=O) groups is 1. The number of ether oxygens (including phenoxy) is 1. The molecule has 2 heterocycles. The Morgan fingerprint density at radius 2 is 2.32 bits per heavy atom. The molecular weight excluding hydrogens is 244 g/mol. The summed E-state index contributed by atoms with van der Waals surface area (Å²) in [7, 11) is 1.36. The molecule has 0 spiro atoms. The minimum Gasteiger partial charge on any atom is -0.465 e. The third kappa shape index (κ3) is 2.87. The SMILES string of the molecule is COC(=O)c1ccc(N2CCCCC2CO)nc1C. The Kier molecular flexibility index (Phi) is 4.37. The van der Waals surface area contributed by atoms with Crippen LogP contribution in [0.5, 0.6) is 0 Å². The van der Waals surface area contributed by atoms with Gasteiger partial charge < -0.3 is 14.7 Å². The summed E-state index contributed by atoms with van der Waals surface area (Å²) in [5.74, 6) is 0.456. The monoisotopic (exact) mass is 264 g/mol. The van der Waals surface area contributed by atoms with Crippen LogP contribution in [0.3, 0.4) is 0 Å². The first-order valence-corrected chi connectivity index (χ1v) is 6.61. The molecule has 1 N–H and O–H groups in total. The zero-order chi connectivity index (χ0) is 13.8. The van der Waals surface area contributed by atoms with E-state index in [-0.39, 0.29) is 18.6 Å². The van der Waals surface area contributed by atoms with Crippen molar-refractivity contribution in [3.8, 4) is 0 Å². The van der Waals surface area contributed by atoms with E-state index in [2.05, 4.69) is 9.88 Å². The molecule has 5 heteroatoms. The van der Waals surface area contributed by atoms with E-state index in [1.807, 2.05) is 6.07 Å². The normalized spacial score (nSPS) is 19.3. The van der Waals surface area contributed by atoms with Crippen molar-refractivity contribution < 1.29 is 14.6 Å². The lowest BCUT2D eigenvalue weighted by Gasteiger charge is -2.35. The molecule has 1 aromatic rings. The summed E-state index contributed by atoms with van der Waals surface area (Å²) in [4.78, 5) is 18.1. The van der Waals surface area contributed by atoms with Gasteiger partial charge in [0.1, 0.15) is 5.82 Å². The number of pyridine rings is 1. The first kappa shape index (κ1) is 13.8. The number of methoxy groups -OCH3 is 1. The number of aromatic nitrogens is 1. The number of aliphatic hydroxyl groups excluding tert-OH is 1. The van der Waals surface area contributed by atoms with Crippen molar-refractivity contribution in [3.05, 3.63) is 23.4 Å². The van der Waals surface area contributed by atoms with Gasteiger partial charge in [-0.05, 0) is 38.3 Å². The Hall–Kier alpha value is -1.62. The third-order valence-corrected chi connectivity index (χ3v) is 3.61. The zero-order valence-corrected chi connectivity index (χ0v) is 11.4. The van der Waals surface area contributed by atoms with Crippen molar-refractivity contribution in [2.75, 3.05) is 25.2 Å². The van der Waals surface area contributed by atoms with Crippen molar-refractivity contribution in [3.63, 3.8) is 0 Å². The summed E-state index contributed by atoms with van der Waals surface area (Å²) in [6, 6.07) is 3.70. The van der Waals surface area contributed by atoms with E-state index < -0.39 is 0 Å². The van der Waals surface area contributed by atoms with Crippen molar-refractivity contribution >= 4 is 11.8 Å². The highest BCUT2D eigenvalue weighted by Gasteiger charge is 2.23. The Morgan fingerprint density at radius 1 is 1.53 bits per heavy atom. The summed E-state index contributed by atoms with van der Waals surface area (Å²) in [6.45, 7) is 2.84. The fourth-order valence-electron chi connectivity index (χ4n) is 2.53. The molecule has 1 saturated heterocycles. The van der Waals surface area contributed by atoms with E-state index >= 15 is 0 Å². The van der Waals surface area contributed by atoms with Crippen LogP contribution in [-0.4, -0.2) is 42.4 Å². The van der Waals surface area contributed by atoms with Crippen LogP contribution in [-0.2, 0) is 4.74 Å². The molecule has 2 rings (SSSR count). The first-order chi connectivity index (χ1) is 9.17. The molecule has 104 valence electrons. The quantitative estimate of drug-likeness (QED) is 0.839. The van der Waals surface area contributed by atoms with Crippen molar-refractivity contribution in [2.24, 2.45) is 0 Å². The van der Waals surface area contributed by atoms with E-state index in [1.54, 1.807) is 13.0 Å². The average molecular weight is 264 g/mol. The number of esters is 1. The molecule has 1 aromatic heterocycles. The van der Waals surface area contributed by atoms with E-state index in [0.29, 0.717) is 11.3 Å². The molecule has 1 unspecified atom stereocenters. The molecule has 1 aliphatic heterocycles. The number of piperidine rings is 1. The largest absolute Gasteiger partial charge is 0.465 e. The second kappa shape index (κ2) is 6.02. The molecule has 1 atom stereocenters. The molecule has 1 fully saturated rings. The molecule has 5 nitrogen and oxygen atoms in total. The van der Waals surface area contributed by atoms with Gasteiger partial charge in [0.05, 0.1) is 31.0 Å². The van der Waals surface area contributed by atoms with Gasteiger partial charge in [-0.15, -0.1) is 0 Å². The molecule has 19 heavy (non-hydrogen) atoms. The average Bonchev–Trinajstić information content (AvgIpc) is 2.46. The highest BCUT2D eigenvalue weighted by molar-refractivity contribution is 5.90. The number of rotatable bonds is 3. The Bertz CT molecular complexity index is 462. The van der Waals surface area contributed by atoms with Crippen LogP contribution in [0.25, 0.3) is 0 Å². The van der Waals surface area contributed by atoms with Gasteiger partial charge in [0.25, 0.3) is 0 Å². The van der Waals surface area contributed by atoms with Gasteiger partial charge >= 0.3 is 5.97 Å². The van der Waals surface area contributed by atoms with Gasteiger partial charge in [-0.25, -0.2) is 9.78 Å². The molecule has 0 aliphatic carbocycles. The van der Waals surface area contributed by atoms with Crippen LogP contribution in [0.1, 0.15) is 35.3 Å². The molecule has 0 bridgehead atoms. The van der Waals surface area contributed by atoms with Crippen LogP contribution in [0.2, 0.25) is 0 Å². The minimum absolute atomic E-state index is 0.129. The number of aliphatic hydroxyl groups is 1. The lowest BCUT2D eigenvalue weighted by molar-refractivity contribution is 0.0599.